The number of nitrogens with zero attached hydrogens (tertiary/aromatic N) is 6. The molecule has 4 rings (SSSR count). The molecule has 0 fully saturated rings. The van der Waals surface area contributed by atoms with Crippen LogP contribution in [0.25, 0.3) is 0 Å². The fraction of sp³-hybridized carbons (Fsp3) is 0.423. The molecule has 0 amide bonds. The van der Waals surface area contributed by atoms with E-state index in [4.69, 9.17) is 10.5 Å². The molecule has 0 bridgehead atoms. The second kappa shape index (κ2) is 10.1. The third-order valence-electron chi connectivity index (χ3n) is 6.63. The number of likely N-dealkylation sites (N-methyl/N-ethyl adjacent to an activating group) is 2. The molecule has 0 radical (unpaired) electrons. The van der Waals surface area contributed by atoms with Crippen molar-refractivity contribution < 1.29 is 9.13 Å². The Bertz CT molecular complexity index is 1230. The van der Waals surface area contributed by atoms with Gasteiger partial charge in [0.15, 0.2) is 0 Å². The van der Waals surface area contributed by atoms with E-state index in [2.05, 4.69) is 43.9 Å². The van der Waals surface area contributed by atoms with Gasteiger partial charge in [0, 0.05) is 38.4 Å². The molecule has 0 atom stereocenters. The van der Waals surface area contributed by atoms with Crippen LogP contribution in [0.1, 0.15) is 25.8 Å². The molecular formula is C26H35FN8O. The number of hydrogen-bond donors (Lipinski definition) is 2. The van der Waals surface area contributed by atoms with Gasteiger partial charge in [-0.25, -0.2) is 14.4 Å². The molecule has 36 heavy (non-hydrogen) atoms. The summed E-state index contributed by atoms with van der Waals surface area (Å²) in [6.45, 7) is 6.68. The number of fused-ring (bicyclic) bond motifs is 1. The van der Waals surface area contributed by atoms with Crippen molar-refractivity contribution in [1.29, 1.82) is 0 Å². The molecule has 2 heterocycles. The van der Waals surface area contributed by atoms with Gasteiger partial charge in [0.1, 0.15) is 17.9 Å². The number of methoxy groups -OCH3 is 1. The Kier molecular flexibility index (Phi) is 7.16. The smallest absolute Gasteiger partial charge is 0.234 e. The molecule has 2 aromatic carbocycles. The minimum Gasteiger partial charge on any atom is -0.494 e. The zero-order valence-electron chi connectivity index (χ0n) is 21.8. The van der Waals surface area contributed by atoms with Gasteiger partial charge in [0.25, 0.3) is 0 Å². The van der Waals surface area contributed by atoms with Crippen LogP contribution in [0.5, 0.6) is 5.75 Å². The standard InChI is InChI=1S/C26H35FN8O/c1-26(2)9-10-35(21-8-7-17(27)13-18(21)26)25-30-16-29-24(32-25)31-20-14-19(28)22(15-23(20)36-6)34(5)12-11-33(3)4/h7-8,13-16H,9-12,28H2,1-6H3,(H,29,30,31,32). The molecule has 3 aromatic rings. The van der Waals surface area contributed by atoms with Gasteiger partial charge in [0.2, 0.25) is 11.9 Å². The van der Waals surface area contributed by atoms with Gasteiger partial charge in [-0.15, -0.1) is 0 Å². The second-order valence-electron chi connectivity index (χ2n) is 10.0. The number of anilines is 6. The molecular weight excluding hydrogens is 459 g/mol. The maximum absolute atomic E-state index is 14.0. The molecule has 1 aromatic heterocycles. The quantitative estimate of drug-likeness (QED) is 0.448. The van der Waals surface area contributed by atoms with E-state index in [1.807, 2.05) is 38.2 Å². The number of hydrogen-bond acceptors (Lipinski definition) is 9. The number of rotatable bonds is 8. The molecule has 0 spiro atoms. The van der Waals surface area contributed by atoms with Crippen LogP contribution in [0, 0.1) is 5.82 Å². The SMILES string of the molecule is COc1cc(N(C)CCN(C)C)c(N)cc1Nc1ncnc(N2CCC(C)(C)c3cc(F)ccc32)n1. The Morgan fingerprint density at radius 2 is 1.92 bits per heavy atom. The lowest BCUT2D eigenvalue weighted by Gasteiger charge is -2.39. The predicted molar refractivity (Wildman–Crippen MR) is 143 cm³/mol. The van der Waals surface area contributed by atoms with Crippen LogP contribution in [0.15, 0.2) is 36.7 Å². The van der Waals surface area contributed by atoms with Crippen LogP contribution in [0.3, 0.4) is 0 Å². The van der Waals surface area contributed by atoms with Crippen molar-refractivity contribution in [3.05, 3.63) is 48.0 Å². The van der Waals surface area contributed by atoms with Crippen molar-refractivity contribution in [1.82, 2.24) is 19.9 Å². The molecule has 1 aliphatic heterocycles. The van der Waals surface area contributed by atoms with Crippen LogP contribution in [-0.4, -0.2) is 67.7 Å². The molecule has 9 nitrogen and oxygen atoms in total. The maximum atomic E-state index is 14.0. The summed E-state index contributed by atoms with van der Waals surface area (Å²) in [7, 11) is 7.69. The monoisotopic (exact) mass is 494 g/mol. The topological polar surface area (TPSA) is 95.7 Å². The van der Waals surface area contributed by atoms with Crippen molar-refractivity contribution in [3.8, 4) is 5.75 Å². The number of halogens is 1. The van der Waals surface area contributed by atoms with E-state index in [-0.39, 0.29) is 11.2 Å². The third-order valence-corrected chi connectivity index (χ3v) is 6.63. The molecule has 192 valence electrons. The normalized spacial score (nSPS) is 14.5. The minimum absolute atomic E-state index is 0.144. The van der Waals surface area contributed by atoms with Crippen LogP contribution in [0.2, 0.25) is 0 Å². The zero-order chi connectivity index (χ0) is 26.0. The summed E-state index contributed by atoms with van der Waals surface area (Å²) in [5.74, 6) is 1.23. The summed E-state index contributed by atoms with van der Waals surface area (Å²) < 4.78 is 19.7. The van der Waals surface area contributed by atoms with E-state index in [0.29, 0.717) is 35.6 Å². The van der Waals surface area contributed by atoms with E-state index in [1.165, 1.54) is 12.4 Å². The fourth-order valence-corrected chi connectivity index (χ4v) is 4.39. The Morgan fingerprint density at radius 3 is 2.64 bits per heavy atom. The first-order valence-electron chi connectivity index (χ1n) is 12.0. The van der Waals surface area contributed by atoms with Crippen molar-refractivity contribution in [2.75, 3.05) is 68.7 Å². The van der Waals surface area contributed by atoms with Crippen LogP contribution >= 0.6 is 0 Å². The van der Waals surface area contributed by atoms with Gasteiger partial charge < -0.3 is 30.5 Å². The van der Waals surface area contributed by atoms with E-state index < -0.39 is 0 Å². The van der Waals surface area contributed by atoms with Gasteiger partial charge in [-0.1, -0.05) is 13.8 Å². The van der Waals surface area contributed by atoms with Crippen LogP contribution in [-0.2, 0) is 5.41 Å². The summed E-state index contributed by atoms with van der Waals surface area (Å²) in [4.78, 5) is 19.6. The summed E-state index contributed by atoms with van der Waals surface area (Å²) in [5.41, 5.74) is 10.2. The van der Waals surface area contributed by atoms with Crippen LogP contribution < -0.4 is 25.6 Å². The Morgan fingerprint density at radius 1 is 1.14 bits per heavy atom. The first kappa shape index (κ1) is 25.4. The lowest BCUT2D eigenvalue weighted by molar-refractivity contribution is 0.413. The highest BCUT2D eigenvalue weighted by Crippen LogP contribution is 2.42. The lowest BCUT2D eigenvalue weighted by Crippen LogP contribution is -2.35. The van der Waals surface area contributed by atoms with Crippen molar-refractivity contribution in [3.63, 3.8) is 0 Å². The number of nitrogens with two attached hydrogens (primary N) is 1. The van der Waals surface area contributed by atoms with Gasteiger partial charge in [-0.3, -0.25) is 0 Å². The van der Waals surface area contributed by atoms with Gasteiger partial charge >= 0.3 is 0 Å². The highest BCUT2D eigenvalue weighted by Gasteiger charge is 2.33. The number of nitrogens with one attached hydrogen (secondary N) is 1. The van der Waals surface area contributed by atoms with E-state index >= 15 is 0 Å². The van der Waals surface area contributed by atoms with Gasteiger partial charge in [-0.05, 0) is 55.8 Å². The molecule has 1 aliphatic rings. The molecule has 0 saturated carbocycles. The highest BCUT2D eigenvalue weighted by molar-refractivity contribution is 5.79. The van der Waals surface area contributed by atoms with Crippen molar-refractivity contribution in [2.45, 2.75) is 25.7 Å². The second-order valence-corrected chi connectivity index (χ2v) is 10.0. The molecule has 10 heteroatoms. The highest BCUT2D eigenvalue weighted by atomic mass is 19.1. The number of ether oxygens (including phenoxy) is 1. The number of nitrogen functional groups attached to an aromatic ring is 1. The van der Waals surface area contributed by atoms with Crippen molar-refractivity contribution in [2.24, 2.45) is 0 Å². The largest absolute Gasteiger partial charge is 0.494 e. The minimum atomic E-state index is -0.248. The lowest BCUT2D eigenvalue weighted by atomic mass is 9.77. The number of benzene rings is 2. The fourth-order valence-electron chi connectivity index (χ4n) is 4.39. The first-order chi connectivity index (χ1) is 17.1. The van der Waals surface area contributed by atoms with E-state index in [1.54, 1.807) is 19.2 Å². The third kappa shape index (κ3) is 5.28. The van der Waals surface area contributed by atoms with Gasteiger partial charge in [0.05, 0.1) is 24.2 Å². The van der Waals surface area contributed by atoms with E-state index in [9.17, 15) is 4.39 Å². The average Bonchev–Trinajstić information content (AvgIpc) is 2.83. The summed E-state index contributed by atoms with van der Waals surface area (Å²) >= 11 is 0. The predicted octanol–water partition coefficient (Wildman–Crippen LogP) is 4.16. The van der Waals surface area contributed by atoms with Crippen LogP contribution in [0.4, 0.5) is 39.0 Å². The zero-order valence-corrected chi connectivity index (χ0v) is 21.8. The molecule has 3 N–H and O–H groups in total. The van der Waals surface area contributed by atoms with Crippen molar-refractivity contribution >= 4 is 34.6 Å². The number of aromatic nitrogens is 3. The summed E-state index contributed by atoms with van der Waals surface area (Å²) in [6.07, 6.45) is 2.30. The Balaban J connectivity index is 1.61. The molecule has 0 unspecified atom stereocenters. The Labute approximate surface area is 212 Å². The van der Waals surface area contributed by atoms with E-state index in [0.717, 1.165) is 36.4 Å². The van der Waals surface area contributed by atoms with Gasteiger partial charge in [-0.2, -0.15) is 4.98 Å². The summed E-state index contributed by atoms with van der Waals surface area (Å²) in [5, 5.41) is 3.23. The maximum Gasteiger partial charge on any atom is 0.234 e. The first-order valence-corrected chi connectivity index (χ1v) is 12.0. The average molecular weight is 495 g/mol. The summed E-state index contributed by atoms with van der Waals surface area (Å²) in [6, 6.07) is 8.60. The Hall–Kier alpha value is -3.66. The molecule has 0 aliphatic carbocycles. The molecule has 0 saturated heterocycles.